The second-order valence-corrected chi connectivity index (χ2v) is 6.50. The molecule has 0 spiro atoms. The first-order chi connectivity index (χ1) is 11.5. The molecule has 2 aromatic heterocycles. The number of phenols is 1. The molecule has 3 N–H and O–H groups in total. The molecule has 8 heteroatoms. The van der Waals surface area contributed by atoms with Crippen molar-refractivity contribution in [2.24, 2.45) is 0 Å². The topological polar surface area (TPSA) is 89.8 Å². The highest BCUT2D eigenvalue weighted by Crippen LogP contribution is 2.42. The zero-order chi connectivity index (χ0) is 16.8. The van der Waals surface area contributed by atoms with Gasteiger partial charge >= 0.3 is 0 Å². The minimum atomic E-state index is -0.0142. The standard InChI is InChI=1S/C16H13Cl2N5O/c17-10-1-2-11(24)14(15(10)18)9-6-13-21-22-16(23(13)7-9)8-3-4-20-12(19)5-8/h1-5,9,24H,6-7H2,(H2,19,20)/t9-/m1/s1. The monoisotopic (exact) mass is 361 g/mol. The van der Waals surface area contributed by atoms with Crippen molar-refractivity contribution in [1.29, 1.82) is 0 Å². The highest BCUT2D eigenvalue weighted by atomic mass is 35.5. The van der Waals surface area contributed by atoms with Crippen LogP contribution in [0.1, 0.15) is 17.3 Å². The first-order valence-electron chi connectivity index (χ1n) is 7.35. The normalized spacial score (nSPS) is 16.3. The molecule has 1 aliphatic heterocycles. The third kappa shape index (κ3) is 2.39. The SMILES string of the molecule is Nc1cc(-c2nnc3n2C[C@H](c2c(O)ccc(Cl)c2Cl)C3)ccn1. The molecule has 0 unspecified atom stereocenters. The molecule has 1 aliphatic rings. The summed E-state index contributed by atoms with van der Waals surface area (Å²) in [5, 5.41) is 19.5. The number of nitrogen functional groups attached to an aromatic ring is 1. The lowest BCUT2D eigenvalue weighted by Crippen LogP contribution is -2.05. The number of nitrogens with two attached hydrogens (primary N) is 1. The largest absolute Gasteiger partial charge is 0.508 e. The number of halogens is 2. The van der Waals surface area contributed by atoms with Gasteiger partial charge in [0.25, 0.3) is 0 Å². The number of pyridine rings is 1. The number of fused-ring (bicyclic) bond motifs is 1. The van der Waals surface area contributed by atoms with Gasteiger partial charge in [0.05, 0.1) is 10.0 Å². The molecule has 6 nitrogen and oxygen atoms in total. The van der Waals surface area contributed by atoms with E-state index in [1.807, 2.05) is 10.6 Å². The second kappa shape index (κ2) is 5.65. The van der Waals surface area contributed by atoms with Crippen LogP contribution in [0.5, 0.6) is 5.75 Å². The van der Waals surface area contributed by atoms with Gasteiger partial charge in [-0.25, -0.2) is 4.98 Å². The predicted molar refractivity (Wildman–Crippen MR) is 92.2 cm³/mol. The summed E-state index contributed by atoms with van der Waals surface area (Å²) in [6, 6.07) is 6.75. The van der Waals surface area contributed by atoms with Crippen molar-refractivity contribution in [3.05, 3.63) is 51.9 Å². The summed E-state index contributed by atoms with van der Waals surface area (Å²) in [6.07, 6.45) is 2.26. The Balaban J connectivity index is 1.73. The summed E-state index contributed by atoms with van der Waals surface area (Å²) in [4.78, 5) is 3.99. The van der Waals surface area contributed by atoms with Gasteiger partial charge in [-0.15, -0.1) is 10.2 Å². The summed E-state index contributed by atoms with van der Waals surface area (Å²) in [6.45, 7) is 0.605. The Bertz CT molecular complexity index is 940. The van der Waals surface area contributed by atoms with Crippen molar-refractivity contribution in [2.45, 2.75) is 18.9 Å². The molecule has 0 saturated carbocycles. The van der Waals surface area contributed by atoms with Crippen molar-refractivity contribution < 1.29 is 5.11 Å². The zero-order valence-corrected chi connectivity index (χ0v) is 14.0. The van der Waals surface area contributed by atoms with E-state index < -0.39 is 0 Å². The number of aromatic hydroxyl groups is 1. The fourth-order valence-electron chi connectivity index (χ4n) is 3.12. The lowest BCUT2D eigenvalue weighted by Gasteiger charge is -2.15. The van der Waals surface area contributed by atoms with Crippen molar-refractivity contribution in [2.75, 3.05) is 5.73 Å². The van der Waals surface area contributed by atoms with E-state index >= 15 is 0 Å². The molecule has 4 rings (SSSR count). The molecule has 0 fully saturated rings. The minimum absolute atomic E-state index is 0.0142. The molecule has 0 bridgehead atoms. The molecule has 3 heterocycles. The number of phenolic OH excluding ortho intramolecular Hbond substituents is 1. The molecular weight excluding hydrogens is 349 g/mol. The molecule has 0 aliphatic carbocycles. The van der Waals surface area contributed by atoms with Gasteiger partial charge in [-0.2, -0.15) is 0 Å². The quantitative estimate of drug-likeness (QED) is 0.730. The van der Waals surface area contributed by atoms with Gasteiger partial charge in [0.1, 0.15) is 17.4 Å². The molecular formula is C16H13Cl2N5O. The number of hydrogen-bond donors (Lipinski definition) is 2. The predicted octanol–water partition coefficient (Wildman–Crippen LogP) is 3.27. The van der Waals surface area contributed by atoms with Crippen LogP contribution in [-0.4, -0.2) is 24.9 Å². The van der Waals surface area contributed by atoms with E-state index in [2.05, 4.69) is 15.2 Å². The number of anilines is 1. The molecule has 0 radical (unpaired) electrons. The van der Waals surface area contributed by atoms with Crippen LogP contribution in [0.2, 0.25) is 10.0 Å². The molecule has 1 aromatic carbocycles. The Labute approximate surface area is 147 Å². The Morgan fingerprint density at radius 3 is 2.83 bits per heavy atom. The van der Waals surface area contributed by atoms with Gasteiger partial charge in [-0.3, -0.25) is 0 Å². The van der Waals surface area contributed by atoms with Gasteiger partial charge in [-0.05, 0) is 24.3 Å². The van der Waals surface area contributed by atoms with Gasteiger partial charge in [0.15, 0.2) is 5.82 Å². The first kappa shape index (κ1) is 15.2. The van der Waals surface area contributed by atoms with Gasteiger partial charge in [0.2, 0.25) is 0 Å². The van der Waals surface area contributed by atoms with Gasteiger partial charge in [0, 0.05) is 36.2 Å². The molecule has 24 heavy (non-hydrogen) atoms. The number of hydrogen-bond acceptors (Lipinski definition) is 5. The Kier molecular flexibility index (Phi) is 3.58. The highest BCUT2D eigenvalue weighted by molar-refractivity contribution is 6.42. The van der Waals surface area contributed by atoms with E-state index in [1.165, 1.54) is 0 Å². The van der Waals surface area contributed by atoms with E-state index in [4.69, 9.17) is 28.9 Å². The summed E-state index contributed by atoms with van der Waals surface area (Å²) in [5.74, 6) is 2.11. The third-order valence-corrected chi connectivity index (χ3v) is 5.04. The summed E-state index contributed by atoms with van der Waals surface area (Å²) in [5.41, 5.74) is 7.25. The smallest absolute Gasteiger partial charge is 0.164 e. The van der Waals surface area contributed by atoms with Gasteiger partial charge in [-0.1, -0.05) is 23.2 Å². The maximum atomic E-state index is 10.2. The summed E-state index contributed by atoms with van der Waals surface area (Å²) < 4.78 is 2.01. The van der Waals surface area contributed by atoms with E-state index in [1.54, 1.807) is 24.4 Å². The molecule has 0 saturated heterocycles. The molecule has 1 atom stereocenters. The number of nitrogens with zero attached hydrogens (tertiary/aromatic N) is 4. The average Bonchev–Trinajstić information content (AvgIpc) is 3.12. The fourth-order valence-corrected chi connectivity index (χ4v) is 3.60. The van der Waals surface area contributed by atoms with Crippen LogP contribution in [-0.2, 0) is 13.0 Å². The first-order valence-corrected chi connectivity index (χ1v) is 8.11. The van der Waals surface area contributed by atoms with Crippen LogP contribution >= 0.6 is 23.2 Å². The Hall–Kier alpha value is -2.31. The maximum Gasteiger partial charge on any atom is 0.164 e. The summed E-state index contributed by atoms with van der Waals surface area (Å²) in [7, 11) is 0. The van der Waals surface area contributed by atoms with E-state index in [0.29, 0.717) is 34.4 Å². The average molecular weight is 362 g/mol. The van der Waals surface area contributed by atoms with Crippen LogP contribution in [0.15, 0.2) is 30.5 Å². The van der Waals surface area contributed by atoms with Crippen LogP contribution < -0.4 is 5.73 Å². The molecule has 0 amide bonds. The van der Waals surface area contributed by atoms with Crippen LogP contribution in [0, 0.1) is 0 Å². The molecule has 3 aromatic rings. The van der Waals surface area contributed by atoms with Crippen molar-refractivity contribution in [3.8, 4) is 17.1 Å². The summed E-state index contributed by atoms with van der Waals surface area (Å²) >= 11 is 12.4. The zero-order valence-electron chi connectivity index (χ0n) is 12.4. The Morgan fingerprint density at radius 2 is 2.04 bits per heavy atom. The minimum Gasteiger partial charge on any atom is -0.508 e. The lowest BCUT2D eigenvalue weighted by molar-refractivity contribution is 0.459. The van der Waals surface area contributed by atoms with E-state index in [0.717, 1.165) is 17.2 Å². The molecule has 122 valence electrons. The second-order valence-electron chi connectivity index (χ2n) is 5.72. The van der Waals surface area contributed by atoms with Crippen molar-refractivity contribution >= 4 is 29.0 Å². The van der Waals surface area contributed by atoms with Crippen molar-refractivity contribution in [1.82, 2.24) is 19.7 Å². The van der Waals surface area contributed by atoms with E-state index in [9.17, 15) is 5.11 Å². The Morgan fingerprint density at radius 1 is 1.21 bits per heavy atom. The maximum absolute atomic E-state index is 10.2. The number of rotatable bonds is 2. The fraction of sp³-hybridized carbons (Fsp3) is 0.188. The number of aromatic nitrogens is 4. The number of benzene rings is 1. The van der Waals surface area contributed by atoms with Gasteiger partial charge < -0.3 is 15.4 Å². The third-order valence-electron chi connectivity index (χ3n) is 4.22. The van der Waals surface area contributed by atoms with Crippen LogP contribution in [0.3, 0.4) is 0 Å². The van der Waals surface area contributed by atoms with Crippen molar-refractivity contribution in [3.63, 3.8) is 0 Å². The van der Waals surface area contributed by atoms with Crippen LogP contribution in [0.25, 0.3) is 11.4 Å². The van der Waals surface area contributed by atoms with Crippen LogP contribution in [0.4, 0.5) is 5.82 Å². The highest BCUT2D eigenvalue weighted by Gasteiger charge is 2.31. The van der Waals surface area contributed by atoms with E-state index in [-0.39, 0.29) is 11.7 Å². The lowest BCUT2D eigenvalue weighted by atomic mass is 9.96.